The normalized spacial score (nSPS) is 16.5. The molecule has 12 rings (SSSR count). The van der Waals surface area contributed by atoms with E-state index >= 15 is 0 Å². The summed E-state index contributed by atoms with van der Waals surface area (Å²) in [6.45, 7) is 28.4. The highest BCUT2D eigenvalue weighted by molar-refractivity contribution is 6.30. The summed E-state index contributed by atoms with van der Waals surface area (Å²) in [4.78, 5) is 0. The van der Waals surface area contributed by atoms with Crippen LogP contribution in [0.3, 0.4) is 0 Å². The lowest BCUT2D eigenvalue weighted by Gasteiger charge is -2.34. The van der Waals surface area contributed by atoms with Gasteiger partial charge in [0.1, 0.15) is 0 Å². The Bertz CT molecular complexity index is 3650. The van der Waals surface area contributed by atoms with Gasteiger partial charge in [0, 0.05) is 11.8 Å². The lowest BCUT2D eigenvalue weighted by molar-refractivity contribution is 0.567. The summed E-state index contributed by atoms with van der Waals surface area (Å²) in [6.07, 6.45) is 5.04. The summed E-state index contributed by atoms with van der Waals surface area (Å²) in [5.74, 6) is 0.265. The van der Waals surface area contributed by atoms with E-state index in [2.05, 4.69) is 253 Å². The molecule has 2 atom stereocenters. The van der Waals surface area contributed by atoms with Crippen molar-refractivity contribution < 1.29 is 0 Å². The van der Waals surface area contributed by atoms with Crippen LogP contribution in [-0.4, -0.2) is 0 Å². The molecule has 0 radical (unpaired) electrons. The summed E-state index contributed by atoms with van der Waals surface area (Å²) < 4.78 is 0. The van der Waals surface area contributed by atoms with E-state index in [4.69, 9.17) is 0 Å². The molecule has 0 aliphatic heterocycles. The van der Waals surface area contributed by atoms with Gasteiger partial charge in [-0.1, -0.05) is 241 Å². The molecule has 346 valence electrons. The Labute approximate surface area is 416 Å². The largest absolute Gasteiger partial charge is 0.0622 e. The lowest BCUT2D eigenvalue weighted by atomic mass is 9.69. The van der Waals surface area contributed by atoms with Crippen molar-refractivity contribution in [1.82, 2.24) is 0 Å². The molecule has 9 aromatic rings. The molecule has 0 heteroatoms. The van der Waals surface area contributed by atoms with E-state index in [1.807, 2.05) is 0 Å². The molecule has 3 aliphatic rings. The predicted octanol–water partition coefficient (Wildman–Crippen LogP) is 19.7. The second kappa shape index (κ2) is 15.4. The van der Waals surface area contributed by atoms with E-state index in [0.717, 1.165) is 0 Å². The molecule has 0 fully saturated rings. The van der Waals surface area contributed by atoms with E-state index in [9.17, 15) is 0 Å². The summed E-state index contributed by atoms with van der Waals surface area (Å²) in [7, 11) is 0. The zero-order valence-electron chi connectivity index (χ0n) is 43.3. The molecule has 0 saturated heterocycles. The van der Waals surface area contributed by atoms with Gasteiger partial charge in [0.15, 0.2) is 0 Å². The third-order valence-electron chi connectivity index (χ3n) is 16.2. The molecule has 0 nitrogen and oxygen atoms in total. The maximum atomic E-state index is 2.65. The van der Waals surface area contributed by atoms with Crippen LogP contribution in [0.2, 0.25) is 0 Å². The first-order chi connectivity index (χ1) is 33.3. The van der Waals surface area contributed by atoms with Crippen molar-refractivity contribution >= 4 is 43.5 Å². The van der Waals surface area contributed by atoms with Crippen molar-refractivity contribution in [2.24, 2.45) is 0 Å². The van der Waals surface area contributed by atoms with Crippen LogP contribution in [0.15, 0.2) is 170 Å². The van der Waals surface area contributed by atoms with Gasteiger partial charge in [-0.25, -0.2) is 0 Å². The number of rotatable bonds is 4. The first kappa shape index (κ1) is 44.4. The minimum Gasteiger partial charge on any atom is -0.0622 e. The van der Waals surface area contributed by atoms with Crippen molar-refractivity contribution in [2.45, 2.75) is 117 Å². The molecule has 0 amide bonds. The zero-order valence-corrected chi connectivity index (χ0v) is 43.3. The Balaban J connectivity index is 1.17. The highest BCUT2D eigenvalue weighted by atomic mass is 14.5. The first-order valence-corrected chi connectivity index (χ1v) is 25.7. The Morgan fingerprint density at radius 2 is 0.700 bits per heavy atom. The van der Waals surface area contributed by atoms with E-state index in [1.54, 1.807) is 0 Å². The highest BCUT2D eigenvalue weighted by Crippen LogP contribution is 2.62. The average Bonchev–Trinajstić information content (AvgIpc) is 3.85. The third kappa shape index (κ3) is 6.92. The summed E-state index contributed by atoms with van der Waals surface area (Å²) >= 11 is 0. The Hall–Kier alpha value is -6.76. The average molecular weight is 907 g/mol. The highest BCUT2D eigenvalue weighted by Gasteiger charge is 2.43. The molecule has 0 bridgehead atoms. The summed E-state index contributed by atoms with van der Waals surface area (Å²) in [5.41, 5.74) is 24.4. The number of allylic oxidation sites excluding steroid dienone is 4. The molecular formula is C70H66. The van der Waals surface area contributed by atoms with Gasteiger partial charge in [-0.05, 0) is 166 Å². The predicted molar refractivity (Wildman–Crippen MR) is 303 cm³/mol. The molecule has 0 N–H and O–H groups in total. The molecular weight excluding hydrogens is 841 g/mol. The van der Waals surface area contributed by atoms with Gasteiger partial charge in [0.05, 0.1) is 0 Å². The van der Waals surface area contributed by atoms with Gasteiger partial charge in [0.25, 0.3) is 0 Å². The standard InChI is InChI=1S/C70H66/c1-67(2,3)45-33-43(34-46(37-45)68(4,5)6)51-31-32-52(44-35-47(69(7,8)9)38-48(36-44)70(10,11)12)66-60-40-58-53-25-19-27-55-61(53)59(39-57(58)54-26-20-28-56(62(54)60)64(51)66)65-50(42-23-17-14-18-24-42)30-29-49(63(55)65)41-21-15-13-16-22-41/h13-40,64,66H,1-12H3. The van der Waals surface area contributed by atoms with Crippen molar-refractivity contribution in [3.63, 3.8) is 0 Å². The van der Waals surface area contributed by atoms with Gasteiger partial charge in [-0.2, -0.15) is 0 Å². The fraction of sp³-hybridized carbons (Fsp3) is 0.257. The van der Waals surface area contributed by atoms with Gasteiger partial charge in [-0.3, -0.25) is 0 Å². The second-order valence-electron chi connectivity index (χ2n) is 24.9. The number of benzene rings is 9. The van der Waals surface area contributed by atoms with Crippen molar-refractivity contribution in [3.8, 4) is 44.5 Å². The summed E-state index contributed by atoms with van der Waals surface area (Å²) in [6, 6.07) is 61.4. The zero-order chi connectivity index (χ0) is 48.8. The van der Waals surface area contributed by atoms with E-state index in [-0.39, 0.29) is 33.5 Å². The maximum absolute atomic E-state index is 2.65. The smallest absolute Gasteiger partial charge is 0.0212 e. The number of hydrogen-bond donors (Lipinski definition) is 0. The molecule has 70 heavy (non-hydrogen) atoms. The molecule has 0 aromatic heterocycles. The van der Waals surface area contributed by atoms with Crippen molar-refractivity contribution in [2.75, 3.05) is 0 Å². The molecule has 3 aliphatic carbocycles. The first-order valence-electron chi connectivity index (χ1n) is 25.7. The van der Waals surface area contributed by atoms with Gasteiger partial charge in [-0.15, -0.1) is 0 Å². The fourth-order valence-electron chi connectivity index (χ4n) is 12.3. The van der Waals surface area contributed by atoms with Crippen LogP contribution in [0, 0.1) is 0 Å². The van der Waals surface area contributed by atoms with Crippen LogP contribution in [0.25, 0.3) is 88.0 Å². The molecule has 9 aromatic carbocycles. The van der Waals surface area contributed by atoms with Gasteiger partial charge < -0.3 is 0 Å². The van der Waals surface area contributed by atoms with Crippen LogP contribution in [0.1, 0.15) is 139 Å². The Morgan fingerprint density at radius 3 is 1.17 bits per heavy atom. The summed E-state index contributed by atoms with van der Waals surface area (Å²) in [5, 5.41) is 8.16. The lowest BCUT2D eigenvalue weighted by Crippen LogP contribution is -2.20. The minimum atomic E-state index is -0.00379. The Morgan fingerprint density at radius 1 is 0.286 bits per heavy atom. The van der Waals surface area contributed by atoms with Gasteiger partial charge >= 0.3 is 0 Å². The van der Waals surface area contributed by atoms with Crippen molar-refractivity contribution in [3.05, 3.63) is 214 Å². The van der Waals surface area contributed by atoms with Crippen molar-refractivity contribution in [1.29, 1.82) is 0 Å². The van der Waals surface area contributed by atoms with E-state index in [1.165, 1.54) is 132 Å². The van der Waals surface area contributed by atoms with Gasteiger partial charge in [0.2, 0.25) is 0 Å². The molecule has 0 saturated carbocycles. The minimum absolute atomic E-state index is 0.00221. The van der Waals surface area contributed by atoms with Crippen LogP contribution in [-0.2, 0) is 21.7 Å². The SMILES string of the molecule is CC(C)(C)c1cc(C2=CC=C(c3cc(C(C)(C)C)cc(C(C)(C)C)c3)C3c4cc5c6cccc7c6c(cc5c5cccc(c45)C23)-c2c(-c3ccccc3)ccc(-c3ccccc3)c2-7)cc(C(C)(C)C)c1. The molecule has 0 spiro atoms. The Kier molecular flexibility index (Phi) is 9.76. The van der Waals surface area contributed by atoms with Crippen LogP contribution in [0.4, 0.5) is 0 Å². The maximum Gasteiger partial charge on any atom is 0.0212 e. The number of hydrogen-bond acceptors (Lipinski definition) is 0. The quantitative estimate of drug-likeness (QED) is 0.154. The van der Waals surface area contributed by atoms with Crippen LogP contribution < -0.4 is 0 Å². The number of fused-ring (bicyclic) bond motifs is 9. The fourth-order valence-corrected chi connectivity index (χ4v) is 12.3. The third-order valence-corrected chi connectivity index (χ3v) is 16.2. The monoisotopic (exact) mass is 907 g/mol. The second-order valence-corrected chi connectivity index (χ2v) is 24.9. The van der Waals surface area contributed by atoms with E-state index < -0.39 is 0 Å². The van der Waals surface area contributed by atoms with E-state index in [0.29, 0.717) is 0 Å². The molecule has 2 unspecified atom stereocenters. The van der Waals surface area contributed by atoms with Crippen LogP contribution in [0.5, 0.6) is 0 Å². The topological polar surface area (TPSA) is 0 Å². The molecule has 0 heterocycles. The van der Waals surface area contributed by atoms with Crippen LogP contribution >= 0.6 is 0 Å².